The van der Waals surface area contributed by atoms with Gasteiger partial charge >= 0.3 is 30.5 Å². The third-order valence-corrected chi connectivity index (χ3v) is 7.46. The van der Waals surface area contributed by atoms with E-state index in [0.717, 1.165) is 43.8 Å². The van der Waals surface area contributed by atoms with Crippen LogP contribution in [0.15, 0.2) is 97.1 Å². The maximum absolute atomic E-state index is 8.86. The predicted octanol–water partition coefficient (Wildman–Crippen LogP) is 7.08. The van der Waals surface area contributed by atoms with Gasteiger partial charge in [0.15, 0.2) is 23.3 Å². The molecule has 0 radical (unpaired) electrons. The van der Waals surface area contributed by atoms with Gasteiger partial charge in [0.05, 0.1) is 0 Å². The van der Waals surface area contributed by atoms with Crippen LogP contribution in [0.1, 0.15) is 0 Å². The van der Waals surface area contributed by atoms with Gasteiger partial charge < -0.3 is 9.97 Å². The molecule has 0 spiro atoms. The topological polar surface area (TPSA) is 146 Å². The van der Waals surface area contributed by atoms with Crippen LogP contribution in [-0.2, 0) is 15.7 Å². The van der Waals surface area contributed by atoms with Gasteiger partial charge in [0.2, 0.25) is 0 Å². The molecule has 0 aliphatic carbocycles. The molecular formula is C33H19CoN8O2. The molecule has 10 nitrogen and oxygen atoms in total. The number of aromatic nitrogens is 8. The van der Waals surface area contributed by atoms with E-state index in [9.17, 15) is 0 Å². The smallest absolute Gasteiger partial charge is 0.164 e. The minimum atomic E-state index is -1.15. The fraction of sp³-hybridized carbons (Fsp3) is 0. The van der Waals surface area contributed by atoms with E-state index in [1.165, 1.54) is 0 Å². The van der Waals surface area contributed by atoms with Crippen molar-refractivity contribution >= 4 is 49.0 Å². The van der Waals surface area contributed by atoms with E-state index in [2.05, 4.69) is 25.7 Å². The molecule has 0 atom stereocenters. The third-order valence-electron chi connectivity index (χ3n) is 7.46. The molecule has 8 bridgehead atoms. The summed E-state index contributed by atoms with van der Waals surface area (Å²) in [6, 6.07) is 32.2. The molecule has 44 heavy (non-hydrogen) atoms. The number of nitrogens with zero attached hydrogens (tertiary/aromatic N) is 6. The molecule has 3 aromatic heterocycles. The van der Waals surface area contributed by atoms with Crippen molar-refractivity contribution in [1.82, 2.24) is 39.9 Å². The molecule has 7 aromatic rings. The molecule has 11 heteroatoms. The zero-order chi connectivity index (χ0) is 29.8. The second kappa shape index (κ2) is 10.2. The summed E-state index contributed by atoms with van der Waals surface area (Å²) in [5.41, 5.74) is 6.45. The van der Waals surface area contributed by atoms with Crippen molar-refractivity contribution in [3.63, 3.8) is 0 Å². The number of hydrogen-bond acceptors (Lipinski definition) is 7. The largest absolute Gasteiger partial charge is 0.324 e. The first-order chi connectivity index (χ1) is 21.5. The van der Waals surface area contributed by atoms with E-state index in [0.29, 0.717) is 45.9 Å². The summed E-state index contributed by atoms with van der Waals surface area (Å²) in [6.07, 6.45) is 0. The summed E-state index contributed by atoms with van der Waals surface area (Å²) in [5, 5.41) is 11.1. The summed E-state index contributed by atoms with van der Waals surface area (Å²) in [7, 11) is 0. The van der Waals surface area contributed by atoms with Gasteiger partial charge in [-0.2, -0.15) is 0 Å². The number of benzene rings is 4. The van der Waals surface area contributed by atoms with Crippen LogP contribution in [-0.4, -0.2) is 49.9 Å². The van der Waals surface area contributed by atoms with Crippen molar-refractivity contribution in [2.45, 2.75) is 0 Å². The fourth-order valence-electron chi connectivity index (χ4n) is 5.59. The number of H-pyrrole nitrogens is 2. The van der Waals surface area contributed by atoms with E-state index in [-0.39, 0.29) is 0 Å². The minimum Gasteiger partial charge on any atom is -0.324 e. The second-order valence-electron chi connectivity index (χ2n) is 10.0. The molecule has 4 aromatic carbocycles. The average molecular weight is 619 g/mol. The van der Waals surface area contributed by atoms with Gasteiger partial charge in [-0.15, -0.1) is 0 Å². The molecule has 212 valence electrons. The van der Waals surface area contributed by atoms with Crippen LogP contribution in [0.5, 0.6) is 0 Å². The molecule has 0 saturated carbocycles. The molecule has 2 aliphatic rings. The fourth-order valence-corrected chi connectivity index (χ4v) is 5.59. The van der Waals surface area contributed by atoms with Gasteiger partial charge in [0.25, 0.3) is 0 Å². The molecule has 0 unspecified atom stereocenters. The summed E-state index contributed by atoms with van der Waals surface area (Å²) in [4.78, 5) is 44.5. The third kappa shape index (κ3) is 4.30. The van der Waals surface area contributed by atoms with E-state index >= 15 is 0 Å². The van der Waals surface area contributed by atoms with Gasteiger partial charge in [-0.25, -0.2) is 29.9 Å². The van der Waals surface area contributed by atoms with E-state index in [4.69, 9.17) is 39.8 Å². The van der Waals surface area contributed by atoms with Crippen LogP contribution in [0.25, 0.3) is 89.7 Å². The molecule has 5 heterocycles. The molecule has 9 rings (SSSR count). The maximum Gasteiger partial charge on any atom is 0.164 e. The van der Waals surface area contributed by atoms with Crippen LogP contribution in [0, 0.1) is 0 Å². The van der Waals surface area contributed by atoms with Crippen molar-refractivity contribution in [3.05, 3.63) is 97.1 Å². The van der Waals surface area contributed by atoms with Crippen LogP contribution in [0.4, 0.5) is 4.79 Å². The predicted molar refractivity (Wildman–Crippen MR) is 164 cm³/mol. The average Bonchev–Trinajstić information content (AvgIpc) is 3.76. The zero-order valence-corrected chi connectivity index (χ0v) is 23.7. The van der Waals surface area contributed by atoms with Crippen molar-refractivity contribution in [1.29, 1.82) is 0 Å². The van der Waals surface area contributed by atoms with Crippen molar-refractivity contribution in [3.8, 4) is 45.6 Å². The Morgan fingerprint density at radius 2 is 0.682 bits per heavy atom. The van der Waals surface area contributed by atoms with Crippen LogP contribution in [0.3, 0.4) is 0 Å². The summed E-state index contributed by atoms with van der Waals surface area (Å²) < 4.78 is 0. The zero-order valence-electron chi connectivity index (χ0n) is 22.6. The SMILES string of the molecule is O=[C](O)[Co].c1ccc2c(c1)-c1nc-2nc2[nH]c(nc3nc(nc4[nH]c(n1)c1ccccc41)-c1ccccc1-3)c1ccccc21. The second-order valence-corrected chi connectivity index (χ2v) is 10.5. The Balaban J connectivity index is 0.000000684. The molecule has 0 saturated heterocycles. The maximum atomic E-state index is 8.86. The van der Waals surface area contributed by atoms with Crippen LogP contribution in [0.2, 0.25) is 0 Å². The first-order valence-corrected chi connectivity index (χ1v) is 14.1. The van der Waals surface area contributed by atoms with Crippen molar-refractivity contribution in [2.75, 3.05) is 0 Å². The van der Waals surface area contributed by atoms with Gasteiger partial charge in [-0.3, -0.25) is 0 Å². The van der Waals surface area contributed by atoms with Crippen LogP contribution >= 0.6 is 0 Å². The van der Waals surface area contributed by atoms with Gasteiger partial charge in [0.1, 0.15) is 22.6 Å². The number of hydrogen-bond donors (Lipinski definition) is 3. The number of aromatic amines is 2. The number of fused-ring (bicyclic) bond motifs is 20. The summed E-state index contributed by atoms with van der Waals surface area (Å²) in [6.45, 7) is 0. The monoisotopic (exact) mass is 618 g/mol. The molecule has 0 amide bonds. The van der Waals surface area contributed by atoms with Crippen molar-refractivity contribution in [2.24, 2.45) is 0 Å². The molecule has 0 fully saturated rings. The Bertz CT molecular complexity index is 2140. The van der Waals surface area contributed by atoms with E-state index < -0.39 is 4.90 Å². The number of rotatable bonds is 0. The summed E-state index contributed by atoms with van der Waals surface area (Å²) in [5.74, 6) is 2.39. The summed E-state index contributed by atoms with van der Waals surface area (Å²) >= 11 is 2.92. The molecule has 3 N–H and O–H groups in total. The van der Waals surface area contributed by atoms with E-state index in [1.54, 1.807) is 0 Å². The normalized spacial score (nSPS) is 11.5. The van der Waals surface area contributed by atoms with E-state index in [1.807, 2.05) is 97.1 Å². The first kappa shape index (κ1) is 25.9. The Labute approximate surface area is 256 Å². The quantitative estimate of drug-likeness (QED) is 0.163. The van der Waals surface area contributed by atoms with Crippen molar-refractivity contribution < 1.29 is 25.6 Å². The minimum absolute atomic E-state index is 0.597. The van der Waals surface area contributed by atoms with Gasteiger partial charge in [-0.05, 0) is 0 Å². The van der Waals surface area contributed by atoms with Crippen LogP contribution < -0.4 is 0 Å². The number of nitrogens with one attached hydrogen (secondary N) is 2. The Kier molecular flexibility index (Phi) is 6.00. The Morgan fingerprint density at radius 3 is 0.932 bits per heavy atom. The Morgan fingerprint density at radius 1 is 0.455 bits per heavy atom. The standard InChI is InChI=1S/C32H18N8.CHO2.Co/c1-2-10-18-17(9-1)25-33-26(18)38-28-21-13-5-6-14-22(21)30(35-28)40-32-24-16-8-7-15-23(24)31(36-32)39-29-20-12-4-3-11-19(20)27(34-29)37-25;2-1-3;/h1-16H,(H2,33,34,35,36,37,38,39,40);(H,2,3);. The molecule has 2 aliphatic heterocycles. The number of carbonyl (C=O) groups is 1. The van der Waals surface area contributed by atoms with Gasteiger partial charge in [-0.1, -0.05) is 97.1 Å². The number of carboxylic acid groups (broad SMARTS) is 1. The Hall–Kier alpha value is -5.78. The first-order valence-electron chi connectivity index (χ1n) is 13.6. The van der Waals surface area contributed by atoms with Gasteiger partial charge in [0, 0.05) is 43.8 Å². The molecular weight excluding hydrogens is 599 g/mol.